The van der Waals surface area contributed by atoms with Crippen LogP contribution in [0.25, 0.3) is 0 Å². The molecule has 0 aromatic heterocycles. The molecule has 23 heavy (non-hydrogen) atoms. The van der Waals surface area contributed by atoms with Gasteiger partial charge in [0.05, 0.1) is 32.0 Å². The molecule has 126 valence electrons. The molecule has 0 radical (unpaired) electrons. The predicted molar refractivity (Wildman–Crippen MR) is 86.0 cm³/mol. The van der Waals surface area contributed by atoms with E-state index in [0.717, 1.165) is 11.3 Å². The van der Waals surface area contributed by atoms with Gasteiger partial charge in [-0.2, -0.15) is 0 Å². The molecule has 1 fully saturated rings. The van der Waals surface area contributed by atoms with Gasteiger partial charge in [-0.05, 0) is 18.6 Å². The van der Waals surface area contributed by atoms with E-state index in [-0.39, 0.29) is 12.2 Å². The van der Waals surface area contributed by atoms with Crippen LogP contribution in [0.2, 0.25) is 0 Å². The van der Waals surface area contributed by atoms with Crippen LogP contribution in [0.4, 0.5) is 0 Å². The Bertz CT molecular complexity index is 507. The molecule has 2 rings (SSSR count). The molecule has 1 aromatic rings. The summed E-state index contributed by atoms with van der Waals surface area (Å²) in [7, 11) is 3.21. The van der Waals surface area contributed by atoms with Crippen molar-refractivity contribution in [2.45, 2.75) is 43.9 Å². The molecule has 1 aliphatic heterocycles. The topological polar surface area (TPSA) is 57.2 Å². The minimum atomic E-state index is -0.598. The first-order valence-electron chi connectivity index (χ1n) is 7.73. The Morgan fingerprint density at radius 3 is 2.70 bits per heavy atom. The summed E-state index contributed by atoms with van der Waals surface area (Å²) in [5.74, 6) is 3.32. The van der Waals surface area contributed by atoms with Crippen LogP contribution >= 0.6 is 0 Å². The van der Waals surface area contributed by atoms with Crippen LogP contribution in [-0.2, 0) is 14.2 Å². The summed E-state index contributed by atoms with van der Waals surface area (Å²) in [6.45, 7) is 0.471. The fourth-order valence-corrected chi connectivity index (χ4v) is 2.59. The molecule has 4 atom stereocenters. The van der Waals surface area contributed by atoms with Gasteiger partial charge in [0.1, 0.15) is 5.75 Å². The Hall–Kier alpha value is -1.58. The smallest absolute Gasteiger partial charge is 0.184 e. The van der Waals surface area contributed by atoms with E-state index in [2.05, 4.69) is 5.92 Å². The average molecular weight is 320 g/mol. The molecule has 5 nitrogen and oxygen atoms in total. The fourth-order valence-electron chi connectivity index (χ4n) is 2.59. The Morgan fingerprint density at radius 2 is 2.09 bits per heavy atom. The van der Waals surface area contributed by atoms with E-state index >= 15 is 0 Å². The number of benzene rings is 1. The van der Waals surface area contributed by atoms with Gasteiger partial charge in [-0.1, -0.05) is 12.1 Å². The van der Waals surface area contributed by atoms with Crippen molar-refractivity contribution in [3.63, 3.8) is 0 Å². The third kappa shape index (κ3) is 4.95. The zero-order valence-electron chi connectivity index (χ0n) is 13.6. The van der Waals surface area contributed by atoms with Crippen molar-refractivity contribution in [2.24, 2.45) is 0 Å². The van der Waals surface area contributed by atoms with E-state index in [0.29, 0.717) is 25.9 Å². The van der Waals surface area contributed by atoms with E-state index in [1.807, 2.05) is 24.3 Å². The van der Waals surface area contributed by atoms with E-state index in [1.165, 1.54) is 0 Å². The lowest BCUT2D eigenvalue weighted by Crippen LogP contribution is -2.32. The number of hydrogen-bond donors (Lipinski definition) is 1. The number of rotatable bonds is 8. The standard InChI is InChI=1S/C18H24O5/c1-4-5-6-16(19)17(21-3)11-15-12-22-18(23-15)13-7-9-14(20-2)10-8-13/h1,7-10,15-19H,5-6,11-12H2,2-3H3/t15-,16-,17-,18?/m0/s1. The minimum absolute atomic E-state index is 0.118. The molecule has 1 N–H and O–H groups in total. The van der Waals surface area contributed by atoms with E-state index < -0.39 is 12.4 Å². The molecule has 5 heteroatoms. The van der Waals surface area contributed by atoms with Gasteiger partial charge in [0.25, 0.3) is 0 Å². The van der Waals surface area contributed by atoms with E-state index in [9.17, 15) is 5.11 Å². The van der Waals surface area contributed by atoms with E-state index in [4.69, 9.17) is 25.4 Å². The SMILES string of the molecule is C#CCC[C@H](O)[C@H](C[C@H]1COC(c2ccc(OC)cc2)O1)OC. The van der Waals surface area contributed by atoms with Crippen LogP contribution in [0.15, 0.2) is 24.3 Å². The van der Waals surface area contributed by atoms with Crippen LogP contribution < -0.4 is 4.74 Å². The summed E-state index contributed by atoms with van der Waals surface area (Å²) >= 11 is 0. The van der Waals surface area contributed by atoms with Crippen LogP contribution in [0.1, 0.15) is 31.1 Å². The quantitative estimate of drug-likeness (QED) is 0.745. The Morgan fingerprint density at radius 1 is 1.35 bits per heavy atom. The van der Waals surface area contributed by atoms with Gasteiger partial charge in [0.15, 0.2) is 6.29 Å². The lowest BCUT2D eigenvalue weighted by molar-refractivity contribution is -0.0808. The maximum absolute atomic E-state index is 10.1. The van der Waals surface area contributed by atoms with Crippen LogP contribution in [-0.4, -0.2) is 44.2 Å². The Kier molecular flexibility index (Phi) is 6.87. The third-order valence-electron chi connectivity index (χ3n) is 3.95. The van der Waals surface area contributed by atoms with Crippen molar-refractivity contribution in [2.75, 3.05) is 20.8 Å². The van der Waals surface area contributed by atoms with Crippen molar-refractivity contribution in [3.05, 3.63) is 29.8 Å². The zero-order chi connectivity index (χ0) is 16.7. The largest absolute Gasteiger partial charge is 0.497 e. The lowest BCUT2D eigenvalue weighted by Gasteiger charge is -2.23. The van der Waals surface area contributed by atoms with Crippen LogP contribution in [0.5, 0.6) is 5.75 Å². The van der Waals surface area contributed by atoms with E-state index in [1.54, 1.807) is 14.2 Å². The Labute approximate surface area is 137 Å². The molecule has 1 aliphatic rings. The second kappa shape index (κ2) is 8.90. The first-order chi connectivity index (χ1) is 11.2. The average Bonchev–Trinajstić information content (AvgIpc) is 3.06. The van der Waals surface area contributed by atoms with Gasteiger partial charge in [0.2, 0.25) is 0 Å². The lowest BCUT2D eigenvalue weighted by atomic mass is 10.0. The molecule has 1 unspecified atom stereocenters. The summed E-state index contributed by atoms with van der Waals surface area (Å²) in [6, 6.07) is 7.58. The van der Waals surface area contributed by atoms with Gasteiger partial charge in [0, 0.05) is 25.5 Å². The Balaban J connectivity index is 1.87. The summed E-state index contributed by atoms with van der Waals surface area (Å²) in [6.07, 6.45) is 5.41. The van der Waals surface area contributed by atoms with Crippen molar-refractivity contribution in [3.8, 4) is 18.1 Å². The highest BCUT2D eigenvalue weighted by molar-refractivity contribution is 5.28. The molecular weight excluding hydrogens is 296 g/mol. The molecule has 1 aromatic carbocycles. The summed E-state index contributed by atoms with van der Waals surface area (Å²) < 4.78 is 22.1. The fraction of sp³-hybridized carbons (Fsp3) is 0.556. The number of methoxy groups -OCH3 is 2. The second-order valence-electron chi connectivity index (χ2n) is 5.52. The molecule has 0 spiro atoms. The summed E-state index contributed by atoms with van der Waals surface area (Å²) in [4.78, 5) is 0. The molecule has 0 saturated carbocycles. The van der Waals surface area contributed by atoms with Crippen LogP contribution in [0.3, 0.4) is 0 Å². The van der Waals surface area contributed by atoms with Crippen LogP contribution in [0, 0.1) is 12.3 Å². The molecule has 0 amide bonds. The van der Waals surface area contributed by atoms with Crippen molar-refractivity contribution in [1.82, 2.24) is 0 Å². The first-order valence-corrected chi connectivity index (χ1v) is 7.73. The predicted octanol–water partition coefficient (Wildman–Crippen LogP) is 2.29. The van der Waals surface area contributed by atoms with Crippen molar-refractivity contribution < 1.29 is 24.1 Å². The summed E-state index contributed by atoms with van der Waals surface area (Å²) in [5.41, 5.74) is 0.940. The normalized spacial score (nSPS) is 23.2. The number of terminal acetylenes is 1. The molecule has 1 saturated heterocycles. The highest BCUT2D eigenvalue weighted by atomic mass is 16.7. The number of aliphatic hydroxyl groups is 1. The maximum atomic E-state index is 10.1. The first kappa shape index (κ1) is 17.8. The zero-order valence-corrected chi connectivity index (χ0v) is 13.6. The van der Waals surface area contributed by atoms with Gasteiger partial charge in [-0.25, -0.2) is 0 Å². The highest BCUT2D eigenvalue weighted by Crippen LogP contribution is 2.30. The summed E-state index contributed by atoms with van der Waals surface area (Å²) in [5, 5.41) is 10.1. The third-order valence-corrected chi connectivity index (χ3v) is 3.95. The second-order valence-corrected chi connectivity index (χ2v) is 5.52. The monoisotopic (exact) mass is 320 g/mol. The molecular formula is C18H24O5. The van der Waals surface area contributed by atoms with Crippen molar-refractivity contribution >= 4 is 0 Å². The minimum Gasteiger partial charge on any atom is -0.497 e. The van der Waals surface area contributed by atoms with Gasteiger partial charge < -0.3 is 24.1 Å². The van der Waals surface area contributed by atoms with Crippen molar-refractivity contribution in [1.29, 1.82) is 0 Å². The van der Waals surface area contributed by atoms with Gasteiger partial charge in [-0.3, -0.25) is 0 Å². The maximum Gasteiger partial charge on any atom is 0.184 e. The number of aliphatic hydroxyl groups excluding tert-OH is 1. The number of hydrogen-bond acceptors (Lipinski definition) is 5. The molecule has 0 bridgehead atoms. The molecule has 0 aliphatic carbocycles. The molecule has 1 heterocycles. The van der Waals surface area contributed by atoms with Gasteiger partial charge >= 0.3 is 0 Å². The number of ether oxygens (including phenoxy) is 4. The van der Waals surface area contributed by atoms with Gasteiger partial charge in [-0.15, -0.1) is 12.3 Å². The highest BCUT2D eigenvalue weighted by Gasteiger charge is 2.31.